The summed E-state index contributed by atoms with van der Waals surface area (Å²) < 4.78 is 1.55. The second-order valence-corrected chi connectivity index (χ2v) is 7.32. The number of hydrogen-bond acceptors (Lipinski definition) is 6. The van der Waals surface area contributed by atoms with Crippen molar-refractivity contribution in [2.24, 2.45) is 0 Å². The lowest BCUT2D eigenvalue weighted by atomic mass is 10.1. The molecule has 0 radical (unpaired) electrons. The smallest absolute Gasteiger partial charge is 0.339 e. The lowest BCUT2D eigenvalue weighted by molar-refractivity contribution is 0.0693. The second-order valence-electron chi connectivity index (χ2n) is 6.32. The van der Waals surface area contributed by atoms with E-state index in [0.29, 0.717) is 27.2 Å². The largest absolute Gasteiger partial charge is 0.507 e. The number of aromatic hydroxyl groups is 1. The van der Waals surface area contributed by atoms with Crippen molar-refractivity contribution in [3.05, 3.63) is 50.9 Å². The number of rotatable bonds is 6. The van der Waals surface area contributed by atoms with Crippen LogP contribution in [0.15, 0.2) is 29.3 Å². The van der Waals surface area contributed by atoms with Gasteiger partial charge < -0.3 is 15.5 Å². The van der Waals surface area contributed by atoms with Gasteiger partial charge in [0.15, 0.2) is 0 Å². The maximum atomic E-state index is 12.7. The summed E-state index contributed by atoms with van der Waals surface area (Å²) in [6, 6.07) is 3.78. The predicted molar refractivity (Wildman–Crippen MR) is 107 cm³/mol. The molecule has 0 aliphatic carbocycles. The van der Waals surface area contributed by atoms with Gasteiger partial charge in [0.2, 0.25) is 0 Å². The van der Waals surface area contributed by atoms with E-state index in [-0.39, 0.29) is 22.6 Å². The van der Waals surface area contributed by atoms with Gasteiger partial charge in [0, 0.05) is 12.2 Å². The monoisotopic (exact) mass is 401 g/mol. The fourth-order valence-electron chi connectivity index (χ4n) is 2.84. The standard InChI is InChI=1S/C19H19N3O5S/c1-3-4-7-22-9-20-17-14(18(22)25)10(2)15(28-17)16(24)21-11-5-6-13(23)12(8-11)19(26)27/h5-6,8-9,23H,3-4,7H2,1-2H3,(H,21,24)(H,26,27). The van der Waals surface area contributed by atoms with Crippen LogP contribution in [0.1, 0.15) is 45.4 Å². The van der Waals surface area contributed by atoms with Crippen LogP contribution in [0.25, 0.3) is 10.2 Å². The molecule has 8 nitrogen and oxygen atoms in total. The normalized spacial score (nSPS) is 10.9. The third-order valence-electron chi connectivity index (χ3n) is 4.36. The molecule has 1 amide bonds. The summed E-state index contributed by atoms with van der Waals surface area (Å²) in [7, 11) is 0. The van der Waals surface area contributed by atoms with Crippen molar-refractivity contribution in [1.29, 1.82) is 0 Å². The van der Waals surface area contributed by atoms with E-state index in [2.05, 4.69) is 10.3 Å². The minimum Gasteiger partial charge on any atom is -0.507 e. The first-order valence-electron chi connectivity index (χ1n) is 8.69. The van der Waals surface area contributed by atoms with E-state index in [1.807, 2.05) is 6.92 Å². The van der Waals surface area contributed by atoms with Crippen molar-refractivity contribution >= 4 is 39.1 Å². The number of carbonyl (C=O) groups is 2. The molecule has 0 bridgehead atoms. The fraction of sp³-hybridized carbons (Fsp3) is 0.263. The molecular weight excluding hydrogens is 382 g/mol. The van der Waals surface area contributed by atoms with Gasteiger partial charge in [0.1, 0.15) is 16.1 Å². The molecule has 0 unspecified atom stereocenters. The highest BCUT2D eigenvalue weighted by Gasteiger charge is 2.20. The van der Waals surface area contributed by atoms with Crippen LogP contribution < -0.4 is 10.9 Å². The minimum atomic E-state index is -1.30. The Labute approximate surface area is 164 Å². The lowest BCUT2D eigenvalue weighted by Gasteiger charge is -2.07. The van der Waals surface area contributed by atoms with Gasteiger partial charge in [-0.3, -0.25) is 14.2 Å². The molecule has 0 saturated heterocycles. The number of anilines is 1. The fourth-order valence-corrected chi connectivity index (χ4v) is 3.87. The molecule has 3 N–H and O–H groups in total. The summed E-state index contributed by atoms with van der Waals surface area (Å²) in [5.41, 5.74) is 0.277. The second kappa shape index (κ2) is 7.81. The third-order valence-corrected chi connectivity index (χ3v) is 5.56. The lowest BCUT2D eigenvalue weighted by Crippen LogP contribution is -2.20. The number of fused-ring (bicyclic) bond motifs is 1. The topological polar surface area (TPSA) is 122 Å². The first-order valence-corrected chi connectivity index (χ1v) is 9.51. The molecule has 0 saturated carbocycles. The summed E-state index contributed by atoms with van der Waals surface area (Å²) in [6.07, 6.45) is 3.30. The number of unbranched alkanes of at least 4 members (excludes halogenated alkanes) is 1. The molecule has 3 aromatic rings. The SMILES string of the molecule is CCCCn1cnc2sc(C(=O)Nc3ccc(O)c(C(=O)O)c3)c(C)c2c1=O. The molecule has 0 atom stereocenters. The number of phenols is 1. The van der Waals surface area contributed by atoms with Crippen LogP contribution in [0.4, 0.5) is 5.69 Å². The Hall–Kier alpha value is -3.20. The van der Waals surface area contributed by atoms with Crippen molar-refractivity contribution in [2.75, 3.05) is 5.32 Å². The Morgan fingerprint density at radius 3 is 2.75 bits per heavy atom. The van der Waals surface area contributed by atoms with Gasteiger partial charge in [-0.1, -0.05) is 13.3 Å². The van der Waals surface area contributed by atoms with Crippen LogP contribution in [0.5, 0.6) is 5.75 Å². The summed E-state index contributed by atoms with van der Waals surface area (Å²) in [5, 5.41) is 21.7. The Balaban J connectivity index is 1.95. The molecule has 0 fully saturated rings. The molecule has 9 heteroatoms. The highest BCUT2D eigenvalue weighted by Crippen LogP contribution is 2.28. The van der Waals surface area contributed by atoms with Crippen LogP contribution in [-0.4, -0.2) is 31.6 Å². The molecular formula is C19H19N3O5S. The van der Waals surface area contributed by atoms with Gasteiger partial charge in [-0.2, -0.15) is 0 Å². The number of carboxylic acid groups (broad SMARTS) is 1. The average Bonchev–Trinajstić information content (AvgIpc) is 3.00. The Bertz CT molecular complexity index is 1130. The predicted octanol–water partition coefficient (Wildman–Crippen LogP) is 3.22. The van der Waals surface area contributed by atoms with Gasteiger partial charge in [-0.15, -0.1) is 11.3 Å². The third kappa shape index (κ3) is 3.61. The quantitative estimate of drug-likeness (QED) is 0.545. The van der Waals surface area contributed by atoms with E-state index in [9.17, 15) is 19.5 Å². The van der Waals surface area contributed by atoms with E-state index in [1.165, 1.54) is 24.5 Å². The summed E-state index contributed by atoms with van der Waals surface area (Å²) in [6.45, 7) is 4.30. The van der Waals surface area contributed by atoms with Crippen molar-refractivity contribution in [2.45, 2.75) is 33.2 Å². The number of hydrogen-bond donors (Lipinski definition) is 3. The Kier molecular flexibility index (Phi) is 5.46. The highest BCUT2D eigenvalue weighted by atomic mass is 32.1. The molecule has 0 aliphatic rings. The number of aromatic nitrogens is 2. The van der Waals surface area contributed by atoms with E-state index < -0.39 is 11.9 Å². The number of carbonyl (C=O) groups excluding carboxylic acids is 1. The number of aromatic carboxylic acids is 1. The van der Waals surface area contributed by atoms with Gasteiger partial charge in [-0.05, 0) is 37.1 Å². The Morgan fingerprint density at radius 2 is 2.07 bits per heavy atom. The first kappa shape index (κ1) is 19.6. The zero-order valence-electron chi connectivity index (χ0n) is 15.4. The average molecular weight is 401 g/mol. The molecule has 1 aromatic carbocycles. The van der Waals surface area contributed by atoms with E-state index in [1.54, 1.807) is 11.5 Å². The zero-order valence-corrected chi connectivity index (χ0v) is 16.2. The van der Waals surface area contributed by atoms with E-state index >= 15 is 0 Å². The van der Waals surface area contributed by atoms with Crippen LogP contribution in [-0.2, 0) is 6.54 Å². The number of benzene rings is 1. The number of aryl methyl sites for hydroxylation is 2. The van der Waals surface area contributed by atoms with Crippen LogP contribution in [0, 0.1) is 6.92 Å². The number of nitrogens with zero attached hydrogens (tertiary/aromatic N) is 2. The minimum absolute atomic E-state index is 0.177. The van der Waals surface area contributed by atoms with Gasteiger partial charge in [0.25, 0.3) is 11.5 Å². The van der Waals surface area contributed by atoms with Crippen molar-refractivity contribution in [3.63, 3.8) is 0 Å². The summed E-state index contributed by atoms with van der Waals surface area (Å²) in [4.78, 5) is 41.7. The number of carboxylic acids is 1. The number of amides is 1. The van der Waals surface area contributed by atoms with Crippen LogP contribution in [0.3, 0.4) is 0 Å². The summed E-state index contributed by atoms with van der Waals surface area (Å²) in [5.74, 6) is -2.16. The van der Waals surface area contributed by atoms with E-state index in [0.717, 1.165) is 24.2 Å². The molecule has 146 valence electrons. The van der Waals surface area contributed by atoms with Gasteiger partial charge in [0.05, 0.1) is 16.6 Å². The first-order chi connectivity index (χ1) is 13.3. The molecule has 28 heavy (non-hydrogen) atoms. The van der Waals surface area contributed by atoms with Crippen LogP contribution >= 0.6 is 11.3 Å². The van der Waals surface area contributed by atoms with Crippen molar-refractivity contribution in [3.8, 4) is 5.75 Å². The van der Waals surface area contributed by atoms with E-state index in [4.69, 9.17) is 5.11 Å². The summed E-state index contributed by atoms with van der Waals surface area (Å²) >= 11 is 1.11. The molecule has 0 aliphatic heterocycles. The van der Waals surface area contributed by atoms with Crippen molar-refractivity contribution < 1.29 is 19.8 Å². The number of thiophene rings is 1. The number of nitrogens with one attached hydrogen (secondary N) is 1. The van der Waals surface area contributed by atoms with Gasteiger partial charge >= 0.3 is 5.97 Å². The van der Waals surface area contributed by atoms with Crippen molar-refractivity contribution in [1.82, 2.24) is 9.55 Å². The highest BCUT2D eigenvalue weighted by molar-refractivity contribution is 7.20. The molecule has 2 aromatic heterocycles. The Morgan fingerprint density at radius 1 is 1.32 bits per heavy atom. The molecule has 3 rings (SSSR count). The zero-order chi connectivity index (χ0) is 20.4. The molecule has 2 heterocycles. The maximum absolute atomic E-state index is 12.7. The van der Waals surface area contributed by atoms with Gasteiger partial charge in [-0.25, -0.2) is 9.78 Å². The van der Waals surface area contributed by atoms with Crippen LogP contribution in [0.2, 0.25) is 0 Å². The molecule has 0 spiro atoms. The maximum Gasteiger partial charge on any atom is 0.339 e.